The maximum absolute atomic E-state index is 12.8. The van der Waals surface area contributed by atoms with Crippen LogP contribution in [0.2, 0.25) is 10.0 Å². The molecule has 3 aromatic rings. The number of hydrogen-bond acceptors (Lipinski definition) is 4. The summed E-state index contributed by atoms with van der Waals surface area (Å²) in [7, 11) is 0. The SMILES string of the molecule is Cc1ccc(-c2nnc3n2CCN(C(=O)c2cccc(Cl)c2Cl)C3)nc1. The molecule has 0 unspecified atom stereocenters. The van der Waals surface area contributed by atoms with Gasteiger partial charge in [0.1, 0.15) is 5.69 Å². The number of aromatic nitrogens is 4. The Kier molecular flexibility index (Phi) is 4.38. The van der Waals surface area contributed by atoms with Crippen molar-refractivity contribution in [1.29, 1.82) is 0 Å². The lowest BCUT2D eigenvalue weighted by molar-refractivity contribution is 0.0708. The predicted molar refractivity (Wildman–Crippen MR) is 99.2 cm³/mol. The fraction of sp³-hybridized carbons (Fsp3) is 0.222. The Morgan fingerprint density at radius 1 is 1.12 bits per heavy atom. The average molecular weight is 388 g/mol. The van der Waals surface area contributed by atoms with Crippen LogP contribution in [0.25, 0.3) is 11.5 Å². The van der Waals surface area contributed by atoms with Gasteiger partial charge in [0.25, 0.3) is 5.91 Å². The first-order chi connectivity index (χ1) is 12.5. The van der Waals surface area contributed by atoms with Gasteiger partial charge in [-0.3, -0.25) is 9.78 Å². The quantitative estimate of drug-likeness (QED) is 0.673. The zero-order valence-electron chi connectivity index (χ0n) is 14.0. The Balaban J connectivity index is 1.60. The van der Waals surface area contributed by atoms with Crippen LogP contribution in [0.1, 0.15) is 21.7 Å². The van der Waals surface area contributed by atoms with E-state index in [-0.39, 0.29) is 10.9 Å². The molecule has 0 fully saturated rings. The molecule has 1 aliphatic heterocycles. The number of benzene rings is 1. The predicted octanol–water partition coefficient (Wildman–Crippen LogP) is 3.61. The van der Waals surface area contributed by atoms with Crippen molar-refractivity contribution < 1.29 is 4.79 Å². The van der Waals surface area contributed by atoms with Crippen molar-refractivity contribution in [1.82, 2.24) is 24.6 Å². The van der Waals surface area contributed by atoms with Crippen molar-refractivity contribution in [2.24, 2.45) is 0 Å². The van der Waals surface area contributed by atoms with Crippen molar-refractivity contribution >= 4 is 29.1 Å². The molecule has 2 aromatic heterocycles. The summed E-state index contributed by atoms with van der Waals surface area (Å²) >= 11 is 12.2. The van der Waals surface area contributed by atoms with Gasteiger partial charge >= 0.3 is 0 Å². The van der Waals surface area contributed by atoms with E-state index >= 15 is 0 Å². The summed E-state index contributed by atoms with van der Waals surface area (Å²) in [6.45, 7) is 3.48. The Morgan fingerprint density at radius 2 is 1.96 bits per heavy atom. The molecular formula is C18H15Cl2N5O. The number of carbonyl (C=O) groups excluding carboxylic acids is 1. The van der Waals surface area contributed by atoms with Gasteiger partial charge in [-0.15, -0.1) is 10.2 Å². The zero-order chi connectivity index (χ0) is 18.3. The highest BCUT2D eigenvalue weighted by molar-refractivity contribution is 6.43. The third-order valence-corrected chi connectivity index (χ3v) is 5.18. The Labute approximate surface area is 160 Å². The summed E-state index contributed by atoms with van der Waals surface area (Å²) in [5.41, 5.74) is 2.25. The van der Waals surface area contributed by atoms with E-state index in [9.17, 15) is 4.79 Å². The molecule has 0 saturated heterocycles. The molecule has 3 heterocycles. The minimum atomic E-state index is -0.165. The van der Waals surface area contributed by atoms with E-state index in [0.29, 0.717) is 36.0 Å². The van der Waals surface area contributed by atoms with E-state index in [4.69, 9.17) is 23.2 Å². The Bertz CT molecular complexity index is 984. The molecule has 26 heavy (non-hydrogen) atoms. The van der Waals surface area contributed by atoms with Crippen LogP contribution in [0.3, 0.4) is 0 Å². The summed E-state index contributed by atoms with van der Waals surface area (Å²) in [6.07, 6.45) is 1.80. The Hall–Kier alpha value is -2.44. The monoisotopic (exact) mass is 387 g/mol. The summed E-state index contributed by atoms with van der Waals surface area (Å²) < 4.78 is 2.00. The van der Waals surface area contributed by atoms with Crippen LogP contribution in [0.15, 0.2) is 36.5 Å². The van der Waals surface area contributed by atoms with Crippen molar-refractivity contribution in [2.75, 3.05) is 6.54 Å². The minimum Gasteiger partial charge on any atom is -0.329 e. The molecule has 0 spiro atoms. The number of pyridine rings is 1. The maximum Gasteiger partial charge on any atom is 0.255 e. The summed E-state index contributed by atoms with van der Waals surface area (Å²) in [5.74, 6) is 1.27. The lowest BCUT2D eigenvalue weighted by Gasteiger charge is -2.28. The summed E-state index contributed by atoms with van der Waals surface area (Å²) in [6, 6.07) is 8.97. The Morgan fingerprint density at radius 3 is 2.73 bits per heavy atom. The molecule has 8 heteroatoms. The van der Waals surface area contributed by atoms with E-state index in [1.165, 1.54) is 0 Å². The number of halogens is 2. The molecule has 0 radical (unpaired) electrons. The largest absolute Gasteiger partial charge is 0.329 e. The fourth-order valence-electron chi connectivity index (χ4n) is 2.96. The molecule has 0 N–H and O–H groups in total. The molecule has 0 saturated carbocycles. The average Bonchev–Trinajstić information content (AvgIpc) is 3.07. The molecule has 1 aromatic carbocycles. The molecule has 0 aliphatic carbocycles. The number of hydrogen-bond donors (Lipinski definition) is 0. The van der Waals surface area contributed by atoms with E-state index in [2.05, 4.69) is 15.2 Å². The molecule has 132 valence electrons. The third kappa shape index (κ3) is 2.95. The summed E-state index contributed by atoms with van der Waals surface area (Å²) in [5, 5.41) is 9.14. The van der Waals surface area contributed by atoms with E-state index in [1.54, 1.807) is 29.3 Å². The third-order valence-electron chi connectivity index (χ3n) is 4.36. The lowest BCUT2D eigenvalue weighted by Crippen LogP contribution is -2.38. The van der Waals surface area contributed by atoms with Gasteiger partial charge in [-0.25, -0.2) is 0 Å². The molecule has 1 amide bonds. The van der Waals surface area contributed by atoms with Crippen LogP contribution < -0.4 is 0 Å². The van der Waals surface area contributed by atoms with Gasteiger partial charge in [-0.1, -0.05) is 35.3 Å². The first-order valence-electron chi connectivity index (χ1n) is 8.13. The highest BCUT2D eigenvalue weighted by atomic mass is 35.5. The van der Waals surface area contributed by atoms with Gasteiger partial charge in [0.2, 0.25) is 0 Å². The van der Waals surface area contributed by atoms with Crippen LogP contribution in [0, 0.1) is 6.92 Å². The van der Waals surface area contributed by atoms with Gasteiger partial charge in [0, 0.05) is 19.3 Å². The van der Waals surface area contributed by atoms with Crippen molar-refractivity contribution in [3.8, 4) is 11.5 Å². The second-order valence-corrected chi connectivity index (χ2v) is 6.93. The fourth-order valence-corrected chi connectivity index (χ4v) is 3.34. The maximum atomic E-state index is 12.8. The van der Waals surface area contributed by atoms with Crippen LogP contribution in [0.4, 0.5) is 0 Å². The highest BCUT2D eigenvalue weighted by Gasteiger charge is 2.27. The highest BCUT2D eigenvalue weighted by Crippen LogP contribution is 2.28. The standard InChI is InChI=1S/C18H15Cl2N5O/c1-11-5-6-14(21-9-11)17-23-22-15-10-24(7-8-25(15)17)18(26)12-3-2-4-13(19)16(12)20/h2-6,9H,7-8,10H2,1H3. The second-order valence-electron chi connectivity index (χ2n) is 6.14. The van der Waals surface area contributed by atoms with E-state index < -0.39 is 0 Å². The van der Waals surface area contributed by atoms with Crippen LogP contribution in [-0.4, -0.2) is 37.1 Å². The first kappa shape index (κ1) is 17.0. The number of rotatable bonds is 2. The topological polar surface area (TPSA) is 63.9 Å². The van der Waals surface area contributed by atoms with Crippen LogP contribution in [-0.2, 0) is 13.1 Å². The van der Waals surface area contributed by atoms with Crippen molar-refractivity contribution in [2.45, 2.75) is 20.0 Å². The summed E-state index contributed by atoms with van der Waals surface area (Å²) in [4.78, 5) is 18.9. The first-order valence-corrected chi connectivity index (χ1v) is 8.88. The second kappa shape index (κ2) is 6.70. The number of fused-ring (bicyclic) bond motifs is 1. The molecule has 1 aliphatic rings. The van der Waals surface area contributed by atoms with Gasteiger partial charge in [-0.05, 0) is 30.7 Å². The minimum absolute atomic E-state index is 0.165. The molecule has 0 bridgehead atoms. The number of amides is 1. The van der Waals surface area contributed by atoms with Gasteiger partial charge in [0.15, 0.2) is 11.6 Å². The van der Waals surface area contributed by atoms with Gasteiger partial charge in [0.05, 0.1) is 22.2 Å². The molecule has 4 rings (SSSR count). The molecule has 0 atom stereocenters. The molecular weight excluding hydrogens is 373 g/mol. The van der Waals surface area contributed by atoms with E-state index in [0.717, 1.165) is 17.1 Å². The van der Waals surface area contributed by atoms with Crippen LogP contribution >= 0.6 is 23.2 Å². The normalized spacial score (nSPS) is 13.6. The van der Waals surface area contributed by atoms with Gasteiger partial charge in [-0.2, -0.15) is 0 Å². The number of carbonyl (C=O) groups is 1. The van der Waals surface area contributed by atoms with Crippen molar-refractivity contribution in [3.63, 3.8) is 0 Å². The number of aryl methyl sites for hydroxylation is 1. The van der Waals surface area contributed by atoms with Crippen LogP contribution in [0.5, 0.6) is 0 Å². The molecule has 6 nitrogen and oxygen atoms in total. The number of nitrogens with zero attached hydrogens (tertiary/aromatic N) is 5. The van der Waals surface area contributed by atoms with E-state index in [1.807, 2.05) is 23.6 Å². The lowest BCUT2D eigenvalue weighted by atomic mass is 10.2. The van der Waals surface area contributed by atoms with Gasteiger partial charge < -0.3 is 9.47 Å². The smallest absolute Gasteiger partial charge is 0.255 e. The van der Waals surface area contributed by atoms with Crippen molar-refractivity contribution in [3.05, 3.63) is 63.5 Å². The zero-order valence-corrected chi connectivity index (χ0v) is 15.5.